The van der Waals surface area contributed by atoms with Gasteiger partial charge >= 0.3 is 0 Å². The maximum absolute atomic E-state index is 13.1. The molecule has 0 saturated carbocycles. The molecular formula is C19H20N2O3S. The van der Waals surface area contributed by atoms with Crippen molar-refractivity contribution in [2.45, 2.75) is 29.7 Å². The lowest BCUT2D eigenvalue weighted by atomic mass is 10.1. The highest BCUT2D eigenvalue weighted by Crippen LogP contribution is 2.32. The zero-order valence-electron chi connectivity index (χ0n) is 13.9. The fourth-order valence-corrected chi connectivity index (χ4v) is 4.39. The SMILES string of the molecule is CCC(C=N)Cn1cc(S(=O)(=O)c2ccccc2)c2ccc(O)cc21. The Bertz CT molecular complexity index is 1010. The number of hydrogen-bond donors (Lipinski definition) is 2. The molecule has 1 heterocycles. The smallest absolute Gasteiger partial charge is 0.208 e. The van der Waals surface area contributed by atoms with Gasteiger partial charge in [0.05, 0.1) is 15.3 Å². The Morgan fingerprint density at radius 1 is 1.20 bits per heavy atom. The highest BCUT2D eigenvalue weighted by molar-refractivity contribution is 7.91. The van der Waals surface area contributed by atoms with Crippen molar-refractivity contribution in [1.29, 1.82) is 5.41 Å². The molecule has 2 aromatic carbocycles. The van der Waals surface area contributed by atoms with Crippen LogP contribution in [0.1, 0.15) is 13.3 Å². The molecule has 0 aliphatic rings. The van der Waals surface area contributed by atoms with Crippen molar-refractivity contribution < 1.29 is 13.5 Å². The van der Waals surface area contributed by atoms with Crippen molar-refractivity contribution in [2.24, 2.45) is 5.92 Å². The molecule has 3 aromatic rings. The molecule has 1 atom stereocenters. The van der Waals surface area contributed by atoms with Gasteiger partial charge in [-0.1, -0.05) is 25.1 Å². The van der Waals surface area contributed by atoms with Crippen LogP contribution in [-0.4, -0.2) is 24.3 Å². The van der Waals surface area contributed by atoms with Crippen LogP contribution in [-0.2, 0) is 16.4 Å². The van der Waals surface area contributed by atoms with Gasteiger partial charge in [-0.25, -0.2) is 8.42 Å². The Kier molecular flexibility index (Phi) is 4.63. The molecule has 0 aliphatic carbocycles. The molecule has 1 aromatic heterocycles. The van der Waals surface area contributed by atoms with E-state index in [9.17, 15) is 13.5 Å². The largest absolute Gasteiger partial charge is 0.508 e. The highest BCUT2D eigenvalue weighted by atomic mass is 32.2. The summed E-state index contributed by atoms with van der Waals surface area (Å²) in [5.74, 6) is 0.0867. The number of aromatic hydroxyl groups is 1. The minimum atomic E-state index is -3.67. The van der Waals surface area contributed by atoms with Gasteiger partial charge in [-0.3, -0.25) is 0 Å². The summed E-state index contributed by atoms with van der Waals surface area (Å²) >= 11 is 0. The molecule has 0 radical (unpaired) electrons. The maximum atomic E-state index is 13.1. The third-order valence-electron chi connectivity index (χ3n) is 4.36. The number of phenolic OH excluding ortho intramolecular Hbond substituents is 1. The van der Waals surface area contributed by atoms with E-state index >= 15 is 0 Å². The van der Waals surface area contributed by atoms with Gasteiger partial charge in [-0.2, -0.15) is 0 Å². The normalized spacial score (nSPS) is 13.0. The van der Waals surface area contributed by atoms with Gasteiger partial charge in [-0.15, -0.1) is 0 Å². The zero-order valence-corrected chi connectivity index (χ0v) is 14.7. The van der Waals surface area contributed by atoms with Crippen LogP contribution < -0.4 is 0 Å². The highest BCUT2D eigenvalue weighted by Gasteiger charge is 2.24. The topological polar surface area (TPSA) is 83.2 Å². The fourth-order valence-electron chi connectivity index (χ4n) is 2.89. The average Bonchev–Trinajstić information content (AvgIpc) is 2.98. The summed E-state index contributed by atoms with van der Waals surface area (Å²) in [5, 5.41) is 17.9. The van der Waals surface area contributed by atoms with Crippen LogP contribution in [0.15, 0.2) is 64.5 Å². The van der Waals surface area contributed by atoms with Crippen LogP contribution in [0.25, 0.3) is 10.9 Å². The van der Waals surface area contributed by atoms with Gasteiger partial charge in [0.1, 0.15) is 5.75 Å². The lowest BCUT2D eigenvalue weighted by Crippen LogP contribution is -2.10. The first-order chi connectivity index (χ1) is 12.0. The first-order valence-corrected chi connectivity index (χ1v) is 9.58. The second kappa shape index (κ2) is 6.72. The van der Waals surface area contributed by atoms with Gasteiger partial charge in [0.2, 0.25) is 9.84 Å². The molecule has 0 bridgehead atoms. The summed E-state index contributed by atoms with van der Waals surface area (Å²) in [7, 11) is -3.67. The second-order valence-corrected chi connectivity index (χ2v) is 7.92. The Balaban J connectivity index is 2.21. The molecule has 0 saturated heterocycles. The third-order valence-corrected chi connectivity index (χ3v) is 6.16. The molecule has 0 fully saturated rings. The zero-order chi connectivity index (χ0) is 18.0. The van der Waals surface area contributed by atoms with Crippen molar-refractivity contribution in [3.63, 3.8) is 0 Å². The van der Waals surface area contributed by atoms with Crippen molar-refractivity contribution >= 4 is 27.0 Å². The monoisotopic (exact) mass is 356 g/mol. The maximum Gasteiger partial charge on any atom is 0.208 e. The summed E-state index contributed by atoms with van der Waals surface area (Å²) in [6, 6.07) is 13.0. The molecule has 3 rings (SSSR count). The number of nitrogens with one attached hydrogen (secondary N) is 1. The molecule has 0 amide bonds. The van der Waals surface area contributed by atoms with E-state index < -0.39 is 9.84 Å². The summed E-state index contributed by atoms with van der Waals surface area (Å²) in [4.78, 5) is 0.453. The summed E-state index contributed by atoms with van der Waals surface area (Å²) in [6.07, 6.45) is 3.77. The molecular weight excluding hydrogens is 336 g/mol. The molecule has 130 valence electrons. The number of fused-ring (bicyclic) bond motifs is 1. The summed E-state index contributed by atoms with van der Waals surface area (Å²) < 4.78 is 27.9. The van der Waals surface area contributed by atoms with Gasteiger partial charge in [0.25, 0.3) is 0 Å². The number of phenols is 1. The van der Waals surface area contributed by atoms with Gasteiger partial charge < -0.3 is 15.1 Å². The Hall–Kier alpha value is -2.60. The molecule has 2 N–H and O–H groups in total. The van der Waals surface area contributed by atoms with E-state index in [2.05, 4.69) is 0 Å². The predicted molar refractivity (Wildman–Crippen MR) is 98.1 cm³/mol. The summed E-state index contributed by atoms with van der Waals surface area (Å²) in [5.41, 5.74) is 0.648. The van der Waals surface area contributed by atoms with E-state index in [0.717, 1.165) is 6.42 Å². The fraction of sp³-hybridized carbons (Fsp3) is 0.211. The van der Waals surface area contributed by atoms with E-state index in [-0.39, 0.29) is 21.5 Å². The molecule has 0 aliphatic heterocycles. The van der Waals surface area contributed by atoms with Crippen LogP contribution >= 0.6 is 0 Å². The number of benzene rings is 2. The van der Waals surface area contributed by atoms with E-state index in [0.29, 0.717) is 17.4 Å². The van der Waals surface area contributed by atoms with E-state index in [1.54, 1.807) is 48.7 Å². The Labute approximate surface area is 147 Å². The van der Waals surface area contributed by atoms with Crippen molar-refractivity contribution in [2.75, 3.05) is 0 Å². The molecule has 0 spiro atoms. The van der Waals surface area contributed by atoms with Crippen LogP contribution in [0.4, 0.5) is 0 Å². The van der Waals surface area contributed by atoms with Gasteiger partial charge in [-0.05, 0) is 30.7 Å². The van der Waals surface area contributed by atoms with Crippen LogP contribution in [0.2, 0.25) is 0 Å². The third kappa shape index (κ3) is 3.17. The number of sulfone groups is 1. The van der Waals surface area contributed by atoms with Crippen LogP contribution in [0, 0.1) is 11.3 Å². The first kappa shape index (κ1) is 17.2. The summed E-state index contributed by atoms with van der Waals surface area (Å²) in [6.45, 7) is 2.48. The van der Waals surface area contributed by atoms with Crippen LogP contribution in [0.5, 0.6) is 5.75 Å². The average molecular weight is 356 g/mol. The van der Waals surface area contributed by atoms with Gasteiger partial charge in [0, 0.05) is 36.3 Å². The number of hydrogen-bond acceptors (Lipinski definition) is 4. The number of rotatable bonds is 6. The lowest BCUT2D eigenvalue weighted by Gasteiger charge is -2.11. The Morgan fingerprint density at radius 3 is 2.56 bits per heavy atom. The molecule has 5 nitrogen and oxygen atoms in total. The van der Waals surface area contributed by atoms with Crippen LogP contribution in [0.3, 0.4) is 0 Å². The first-order valence-electron chi connectivity index (χ1n) is 8.10. The van der Waals surface area contributed by atoms with E-state index in [4.69, 9.17) is 5.41 Å². The second-order valence-electron chi connectivity index (χ2n) is 6.00. The quantitative estimate of drug-likeness (QED) is 0.658. The molecule has 6 heteroatoms. The predicted octanol–water partition coefficient (Wildman–Crippen LogP) is 3.86. The standard InChI is InChI=1S/C19H20N2O3S/c1-2-14(11-20)12-21-13-19(17-9-8-15(22)10-18(17)21)25(23,24)16-6-4-3-5-7-16/h3-11,13-14,20,22H,2,12H2,1H3. The minimum absolute atomic E-state index is 0.00484. The van der Waals surface area contributed by atoms with Crippen molar-refractivity contribution in [3.8, 4) is 5.75 Å². The molecule has 1 unspecified atom stereocenters. The minimum Gasteiger partial charge on any atom is -0.508 e. The Morgan fingerprint density at radius 2 is 1.92 bits per heavy atom. The number of aromatic nitrogens is 1. The van der Waals surface area contributed by atoms with Crippen molar-refractivity contribution in [1.82, 2.24) is 4.57 Å². The van der Waals surface area contributed by atoms with E-state index in [1.165, 1.54) is 12.3 Å². The lowest BCUT2D eigenvalue weighted by molar-refractivity contribution is 0.475. The number of nitrogens with zero attached hydrogens (tertiary/aromatic N) is 1. The van der Waals surface area contributed by atoms with E-state index in [1.807, 2.05) is 11.5 Å². The van der Waals surface area contributed by atoms with Gasteiger partial charge in [0.15, 0.2) is 0 Å². The van der Waals surface area contributed by atoms with Crippen molar-refractivity contribution in [3.05, 3.63) is 54.7 Å². The molecule has 25 heavy (non-hydrogen) atoms.